The summed E-state index contributed by atoms with van der Waals surface area (Å²) in [6.07, 6.45) is 0. The number of morpholine rings is 1. The van der Waals surface area contributed by atoms with E-state index in [1.807, 2.05) is 58.4 Å². The van der Waals surface area contributed by atoms with Gasteiger partial charge < -0.3 is 14.6 Å². The molecule has 1 fully saturated rings. The van der Waals surface area contributed by atoms with Crippen LogP contribution in [0.25, 0.3) is 16.7 Å². The zero-order valence-electron chi connectivity index (χ0n) is 17.9. The summed E-state index contributed by atoms with van der Waals surface area (Å²) in [7, 11) is 0. The minimum Gasteiger partial charge on any atom is -0.379 e. The number of rotatable bonds is 6. The Kier molecular flexibility index (Phi) is 5.82. The van der Waals surface area contributed by atoms with Gasteiger partial charge in [-0.15, -0.1) is 10.2 Å². The predicted octanol–water partition coefficient (Wildman–Crippen LogP) is 2.76. The molecule has 0 unspecified atom stereocenters. The summed E-state index contributed by atoms with van der Waals surface area (Å²) in [5, 5.41) is 12.2. The Morgan fingerprint density at radius 3 is 2.78 bits per heavy atom. The van der Waals surface area contributed by atoms with E-state index >= 15 is 0 Å². The highest BCUT2D eigenvalue weighted by molar-refractivity contribution is 6.30. The van der Waals surface area contributed by atoms with Gasteiger partial charge in [-0.25, -0.2) is 0 Å². The number of amides is 1. The number of halogens is 1. The summed E-state index contributed by atoms with van der Waals surface area (Å²) in [5.41, 5.74) is 4.23. The van der Waals surface area contributed by atoms with Gasteiger partial charge in [0.15, 0.2) is 5.65 Å². The average molecular weight is 453 g/mol. The average Bonchev–Trinajstić information content (AvgIpc) is 3.35. The van der Waals surface area contributed by atoms with Crippen LogP contribution in [-0.2, 0) is 11.3 Å². The van der Waals surface area contributed by atoms with Crippen LogP contribution < -0.4 is 5.32 Å². The first kappa shape index (κ1) is 20.9. The molecule has 1 amide bonds. The third kappa shape index (κ3) is 4.09. The number of aromatic nitrogens is 4. The van der Waals surface area contributed by atoms with Crippen molar-refractivity contribution in [1.82, 2.24) is 29.4 Å². The summed E-state index contributed by atoms with van der Waals surface area (Å²) < 4.78 is 9.41. The van der Waals surface area contributed by atoms with E-state index < -0.39 is 0 Å². The third-order valence-electron chi connectivity index (χ3n) is 5.88. The monoisotopic (exact) mass is 452 g/mol. The maximum absolute atomic E-state index is 13.3. The van der Waals surface area contributed by atoms with Gasteiger partial charge in [-0.3, -0.25) is 14.1 Å². The Labute approximate surface area is 190 Å². The number of pyridine rings is 1. The van der Waals surface area contributed by atoms with Crippen LogP contribution in [0, 0.1) is 6.92 Å². The molecule has 1 aliphatic heterocycles. The number of hydrogen-bond acceptors (Lipinski definition) is 5. The fourth-order valence-electron chi connectivity index (χ4n) is 4.26. The van der Waals surface area contributed by atoms with Crippen LogP contribution in [0.2, 0.25) is 5.02 Å². The van der Waals surface area contributed by atoms with Crippen molar-refractivity contribution in [3.05, 3.63) is 64.6 Å². The zero-order chi connectivity index (χ0) is 22.1. The minimum atomic E-state index is -0.102. The lowest BCUT2D eigenvalue weighted by Gasteiger charge is -2.26. The molecule has 0 saturated carbocycles. The van der Waals surface area contributed by atoms with Crippen molar-refractivity contribution in [2.24, 2.45) is 0 Å². The normalized spacial score (nSPS) is 14.9. The molecular weight excluding hydrogens is 428 g/mol. The van der Waals surface area contributed by atoms with Gasteiger partial charge in [0, 0.05) is 37.7 Å². The van der Waals surface area contributed by atoms with Crippen LogP contribution >= 0.6 is 11.6 Å². The third-order valence-corrected chi connectivity index (χ3v) is 6.11. The fourth-order valence-corrected chi connectivity index (χ4v) is 4.47. The largest absolute Gasteiger partial charge is 0.379 e. The number of nitrogens with one attached hydrogen (secondary N) is 1. The maximum atomic E-state index is 13.3. The molecule has 32 heavy (non-hydrogen) atoms. The van der Waals surface area contributed by atoms with Gasteiger partial charge in [0.2, 0.25) is 0 Å². The molecule has 9 heteroatoms. The first-order chi connectivity index (χ1) is 15.6. The van der Waals surface area contributed by atoms with Crippen LogP contribution in [0.3, 0.4) is 0 Å². The second-order valence-corrected chi connectivity index (χ2v) is 8.44. The number of benzene rings is 1. The Balaban J connectivity index is 1.48. The number of carbonyl (C=O) groups is 1. The molecule has 4 heterocycles. The van der Waals surface area contributed by atoms with E-state index in [1.54, 1.807) is 0 Å². The fraction of sp³-hybridized carbons (Fsp3) is 0.348. The van der Waals surface area contributed by atoms with Crippen molar-refractivity contribution < 1.29 is 9.53 Å². The SMILES string of the molecule is Cc1nnc2ccc3c(cc(C(=O)NCCN4CCOCC4)n3Cc3cccc(Cl)c3)n12. The van der Waals surface area contributed by atoms with Gasteiger partial charge in [0.25, 0.3) is 5.91 Å². The molecule has 4 aromatic rings. The van der Waals surface area contributed by atoms with Crippen molar-refractivity contribution in [2.45, 2.75) is 13.5 Å². The molecule has 0 atom stereocenters. The van der Waals surface area contributed by atoms with Crippen LogP contribution in [0.4, 0.5) is 0 Å². The van der Waals surface area contributed by atoms with Gasteiger partial charge in [-0.1, -0.05) is 23.7 Å². The zero-order valence-corrected chi connectivity index (χ0v) is 18.7. The number of fused-ring (bicyclic) bond motifs is 3. The highest BCUT2D eigenvalue weighted by Crippen LogP contribution is 2.24. The maximum Gasteiger partial charge on any atom is 0.268 e. The van der Waals surface area contributed by atoms with Crippen molar-refractivity contribution in [1.29, 1.82) is 0 Å². The highest BCUT2D eigenvalue weighted by Gasteiger charge is 2.19. The highest BCUT2D eigenvalue weighted by atomic mass is 35.5. The molecule has 1 N–H and O–H groups in total. The lowest BCUT2D eigenvalue weighted by molar-refractivity contribution is 0.0383. The Bertz CT molecular complexity index is 1270. The van der Waals surface area contributed by atoms with Gasteiger partial charge in [-0.05, 0) is 42.8 Å². The Hall–Kier alpha value is -2.94. The first-order valence-corrected chi connectivity index (χ1v) is 11.1. The molecule has 3 aromatic heterocycles. The van der Waals surface area contributed by atoms with Crippen molar-refractivity contribution in [3.63, 3.8) is 0 Å². The van der Waals surface area contributed by atoms with Crippen LogP contribution in [-0.4, -0.2) is 69.4 Å². The second kappa shape index (κ2) is 8.90. The van der Waals surface area contributed by atoms with E-state index in [2.05, 4.69) is 20.4 Å². The van der Waals surface area contributed by atoms with Crippen LogP contribution in [0.1, 0.15) is 21.9 Å². The van der Waals surface area contributed by atoms with Crippen LogP contribution in [0.15, 0.2) is 42.5 Å². The Morgan fingerprint density at radius 2 is 1.97 bits per heavy atom. The minimum absolute atomic E-state index is 0.102. The quantitative estimate of drug-likeness (QED) is 0.487. The van der Waals surface area contributed by atoms with Gasteiger partial charge in [-0.2, -0.15) is 0 Å². The standard InChI is InChI=1S/C23H25ClN6O2/c1-16-26-27-22-6-5-19-20(30(16)22)14-21(29(19)15-17-3-2-4-18(24)13-17)23(31)25-7-8-28-9-11-32-12-10-28/h2-6,13-14H,7-12,15H2,1H3,(H,25,31). The summed E-state index contributed by atoms with van der Waals surface area (Å²) in [4.78, 5) is 15.6. The number of carbonyl (C=O) groups excluding carboxylic acids is 1. The molecule has 1 saturated heterocycles. The number of hydrogen-bond donors (Lipinski definition) is 1. The van der Waals surface area contributed by atoms with E-state index in [-0.39, 0.29) is 5.91 Å². The topological polar surface area (TPSA) is 76.7 Å². The molecule has 0 bridgehead atoms. The summed E-state index contributed by atoms with van der Waals surface area (Å²) >= 11 is 6.21. The van der Waals surface area contributed by atoms with Crippen LogP contribution in [0.5, 0.6) is 0 Å². The summed E-state index contributed by atoms with van der Waals surface area (Å²) in [6, 6.07) is 13.6. The summed E-state index contributed by atoms with van der Waals surface area (Å²) in [6.45, 7) is 7.12. The smallest absolute Gasteiger partial charge is 0.268 e. The molecular formula is C23H25ClN6O2. The van der Waals surface area contributed by atoms with E-state index in [9.17, 15) is 4.79 Å². The lowest BCUT2D eigenvalue weighted by atomic mass is 10.2. The molecule has 0 spiro atoms. The Morgan fingerprint density at radius 1 is 1.12 bits per heavy atom. The van der Waals surface area contributed by atoms with Gasteiger partial charge in [0.05, 0.1) is 24.2 Å². The van der Waals surface area contributed by atoms with Crippen molar-refractivity contribution in [2.75, 3.05) is 39.4 Å². The van der Waals surface area contributed by atoms with E-state index in [0.29, 0.717) is 23.8 Å². The van der Waals surface area contributed by atoms with E-state index in [1.165, 1.54) is 0 Å². The molecule has 5 rings (SSSR count). The second-order valence-electron chi connectivity index (χ2n) is 8.00. The molecule has 166 valence electrons. The molecule has 1 aliphatic rings. The summed E-state index contributed by atoms with van der Waals surface area (Å²) in [5.74, 6) is 0.681. The van der Waals surface area contributed by atoms with Gasteiger partial charge in [0.1, 0.15) is 11.5 Å². The van der Waals surface area contributed by atoms with Gasteiger partial charge >= 0.3 is 0 Å². The van der Waals surface area contributed by atoms with Crippen molar-refractivity contribution in [3.8, 4) is 0 Å². The number of aryl methyl sites for hydroxylation is 1. The predicted molar refractivity (Wildman–Crippen MR) is 123 cm³/mol. The molecule has 0 radical (unpaired) electrons. The lowest BCUT2D eigenvalue weighted by Crippen LogP contribution is -2.41. The number of nitrogens with zero attached hydrogens (tertiary/aromatic N) is 5. The molecule has 0 aliphatic carbocycles. The first-order valence-electron chi connectivity index (χ1n) is 10.8. The van der Waals surface area contributed by atoms with E-state index in [4.69, 9.17) is 16.3 Å². The number of ether oxygens (including phenoxy) is 1. The molecule has 1 aromatic carbocycles. The van der Waals surface area contributed by atoms with Crippen molar-refractivity contribution >= 4 is 34.2 Å². The van der Waals surface area contributed by atoms with E-state index in [0.717, 1.165) is 60.9 Å². The molecule has 8 nitrogen and oxygen atoms in total.